The summed E-state index contributed by atoms with van der Waals surface area (Å²) in [6.45, 7) is 11.0. The zero-order valence-electron chi connectivity index (χ0n) is 17.2. The van der Waals surface area contributed by atoms with Gasteiger partial charge in [-0.15, -0.1) is 0 Å². The second-order valence-corrected chi connectivity index (χ2v) is 11.0. The molecule has 154 valence electrons. The molecule has 1 atom stereocenters. The average Bonchev–Trinajstić information content (AvgIpc) is 3.00. The van der Waals surface area contributed by atoms with Crippen LogP contribution in [0, 0.1) is 10.8 Å². The number of hydrogen-bond acceptors (Lipinski definition) is 6. The van der Waals surface area contributed by atoms with Crippen LogP contribution in [0.15, 0.2) is 23.2 Å². The summed E-state index contributed by atoms with van der Waals surface area (Å²) in [7, 11) is 0. The molecule has 0 bridgehead atoms. The Morgan fingerprint density at radius 3 is 2.54 bits per heavy atom. The van der Waals surface area contributed by atoms with E-state index >= 15 is 0 Å². The molecule has 2 spiro atoms. The predicted molar refractivity (Wildman–Crippen MR) is 112 cm³/mol. The lowest BCUT2D eigenvalue weighted by Crippen LogP contribution is -2.67. The van der Waals surface area contributed by atoms with Crippen LogP contribution in [0.2, 0.25) is 0 Å². The van der Waals surface area contributed by atoms with E-state index in [-0.39, 0.29) is 6.10 Å². The molecule has 3 saturated heterocycles. The molecule has 6 heteroatoms. The summed E-state index contributed by atoms with van der Waals surface area (Å²) in [5.74, 6) is 0.718. The molecule has 1 aromatic rings. The van der Waals surface area contributed by atoms with E-state index in [0.717, 1.165) is 25.1 Å². The Labute approximate surface area is 173 Å². The molecule has 5 rings (SSSR count). The lowest BCUT2D eigenvalue weighted by molar-refractivity contribution is -0.198. The predicted octanol–water partition coefficient (Wildman–Crippen LogP) is 3.84. The molecule has 0 amide bonds. The van der Waals surface area contributed by atoms with Gasteiger partial charge in [-0.1, -0.05) is 0 Å². The van der Waals surface area contributed by atoms with Gasteiger partial charge in [0.05, 0.1) is 19.3 Å². The maximum Gasteiger partial charge on any atom is 0.213 e. The van der Waals surface area contributed by atoms with Crippen molar-refractivity contribution >= 4 is 11.9 Å². The Balaban J connectivity index is 1.09. The minimum Gasteiger partial charge on any atom is -0.475 e. The van der Waals surface area contributed by atoms with Crippen molar-refractivity contribution < 1.29 is 9.47 Å². The van der Waals surface area contributed by atoms with Crippen LogP contribution >= 0.6 is 11.9 Å². The van der Waals surface area contributed by atoms with Crippen LogP contribution in [0.25, 0.3) is 0 Å². The van der Waals surface area contributed by atoms with Crippen LogP contribution in [-0.4, -0.2) is 65.7 Å². The van der Waals surface area contributed by atoms with Crippen LogP contribution in [-0.2, 0) is 4.74 Å². The lowest BCUT2D eigenvalue weighted by atomic mass is 9.75. The highest BCUT2D eigenvalue weighted by Gasteiger charge is 2.53. The number of ether oxygens (including phenoxy) is 2. The molecule has 1 aliphatic carbocycles. The van der Waals surface area contributed by atoms with Crippen LogP contribution in [0.4, 0.5) is 0 Å². The second-order valence-electron chi connectivity index (χ2n) is 9.81. The molecule has 1 saturated carbocycles. The third kappa shape index (κ3) is 3.81. The van der Waals surface area contributed by atoms with Crippen molar-refractivity contribution in [3.8, 4) is 5.88 Å². The summed E-state index contributed by atoms with van der Waals surface area (Å²) in [5, 5.41) is 0. The standard InChI is InChI=1S/C22H33N3O2S/c1-17(2)27-20-4-3-19(12-23-20)28-25-9-7-21(8-10-25)6-5-18(11-21)24-13-22(14-24)15-26-16-22/h3-4,12,17-18H,5-11,13-16H2,1-2H3. The molecule has 0 radical (unpaired) electrons. The van der Waals surface area contributed by atoms with Gasteiger partial charge in [0.25, 0.3) is 0 Å². The Morgan fingerprint density at radius 1 is 1.14 bits per heavy atom. The largest absolute Gasteiger partial charge is 0.475 e. The van der Waals surface area contributed by atoms with Gasteiger partial charge in [0.2, 0.25) is 5.88 Å². The smallest absolute Gasteiger partial charge is 0.213 e. The number of pyridine rings is 1. The Kier molecular flexibility index (Phi) is 5.10. The van der Waals surface area contributed by atoms with E-state index in [4.69, 9.17) is 9.47 Å². The van der Waals surface area contributed by atoms with E-state index in [1.807, 2.05) is 38.1 Å². The fraction of sp³-hybridized carbons (Fsp3) is 0.773. The van der Waals surface area contributed by atoms with Gasteiger partial charge in [-0.05, 0) is 69.4 Å². The van der Waals surface area contributed by atoms with Gasteiger partial charge in [0.15, 0.2) is 0 Å². The first-order chi connectivity index (χ1) is 13.5. The summed E-state index contributed by atoms with van der Waals surface area (Å²) in [5.41, 5.74) is 1.16. The highest BCUT2D eigenvalue weighted by molar-refractivity contribution is 7.97. The number of aromatic nitrogens is 1. The Hall–Kier alpha value is -0.820. The van der Waals surface area contributed by atoms with Gasteiger partial charge in [0.1, 0.15) is 0 Å². The maximum absolute atomic E-state index is 5.64. The molecule has 28 heavy (non-hydrogen) atoms. The first-order valence-electron chi connectivity index (χ1n) is 10.9. The van der Waals surface area contributed by atoms with Crippen molar-refractivity contribution in [2.75, 3.05) is 39.4 Å². The summed E-state index contributed by atoms with van der Waals surface area (Å²) < 4.78 is 13.6. The van der Waals surface area contributed by atoms with Gasteiger partial charge in [0, 0.05) is 54.8 Å². The normalized spacial score (nSPS) is 29.2. The number of likely N-dealkylation sites (tertiary alicyclic amines) is 1. The van der Waals surface area contributed by atoms with Gasteiger partial charge in [-0.3, -0.25) is 4.90 Å². The van der Waals surface area contributed by atoms with Crippen molar-refractivity contribution in [2.24, 2.45) is 10.8 Å². The first kappa shape index (κ1) is 19.2. The molecule has 0 N–H and O–H groups in total. The number of hydrogen-bond donors (Lipinski definition) is 0. The van der Waals surface area contributed by atoms with Crippen molar-refractivity contribution in [1.29, 1.82) is 0 Å². The van der Waals surface area contributed by atoms with E-state index in [9.17, 15) is 0 Å². The molecule has 4 heterocycles. The quantitative estimate of drug-likeness (QED) is 0.696. The zero-order chi connectivity index (χ0) is 19.2. The number of rotatable bonds is 5. The van der Waals surface area contributed by atoms with Gasteiger partial charge >= 0.3 is 0 Å². The molecule has 1 aromatic heterocycles. The SMILES string of the molecule is CC(C)Oc1ccc(SN2CCC3(CCC(N4CC5(COC5)C4)C3)CC2)cn1. The van der Waals surface area contributed by atoms with Crippen molar-refractivity contribution in [2.45, 2.75) is 63.0 Å². The maximum atomic E-state index is 5.64. The molecule has 4 fully saturated rings. The van der Waals surface area contributed by atoms with Gasteiger partial charge < -0.3 is 9.47 Å². The van der Waals surface area contributed by atoms with E-state index in [1.54, 1.807) is 0 Å². The fourth-order valence-electron chi connectivity index (χ4n) is 5.52. The lowest BCUT2D eigenvalue weighted by Gasteiger charge is -2.57. The van der Waals surface area contributed by atoms with Crippen LogP contribution in [0.1, 0.15) is 46.0 Å². The first-order valence-corrected chi connectivity index (χ1v) is 11.7. The van der Waals surface area contributed by atoms with E-state index in [2.05, 4.69) is 20.3 Å². The monoisotopic (exact) mass is 403 g/mol. The summed E-state index contributed by atoms with van der Waals surface area (Å²) >= 11 is 1.86. The number of nitrogens with zero attached hydrogens (tertiary/aromatic N) is 3. The average molecular weight is 404 g/mol. The summed E-state index contributed by atoms with van der Waals surface area (Å²) in [4.78, 5) is 8.41. The molecule has 5 nitrogen and oxygen atoms in total. The minimum atomic E-state index is 0.170. The van der Waals surface area contributed by atoms with Crippen molar-refractivity contribution in [1.82, 2.24) is 14.2 Å². The highest BCUT2D eigenvalue weighted by Crippen LogP contribution is 2.51. The number of piperidine rings is 1. The highest BCUT2D eigenvalue weighted by atomic mass is 32.2. The molecular weight excluding hydrogens is 370 g/mol. The Bertz CT molecular complexity index is 676. The molecule has 3 aliphatic heterocycles. The fourth-order valence-corrected chi connectivity index (χ4v) is 6.41. The molecule has 4 aliphatic rings. The van der Waals surface area contributed by atoms with E-state index in [1.165, 1.54) is 63.2 Å². The van der Waals surface area contributed by atoms with Crippen molar-refractivity contribution in [3.05, 3.63) is 18.3 Å². The minimum absolute atomic E-state index is 0.170. The third-order valence-corrected chi connectivity index (χ3v) is 8.25. The van der Waals surface area contributed by atoms with Gasteiger partial charge in [-0.25, -0.2) is 9.29 Å². The summed E-state index contributed by atoms with van der Waals surface area (Å²) in [6.07, 6.45) is 9.07. The molecule has 0 aromatic carbocycles. The van der Waals surface area contributed by atoms with Crippen LogP contribution in [0.5, 0.6) is 5.88 Å². The van der Waals surface area contributed by atoms with Gasteiger partial charge in [-0.2, -0.15) is 0 Å². The van der Waals surface area contributed by atoms with E-state index < -0.39 is 0 Å². The third-order valence-electron chi connectivity index (χ3n) is 7.17. The topological polar surface area (TPSA) is 37.8 Å². The Morgan fingerprint density at radius 2 is 1.93 bits per heavy atom. The summed E-state index contributed by atoms with van der Waals surface area (Å²) in [6, 6.07) is 4.96. The second kappa shape index (κ2) is 7.46. The van der Waals surface area contributed by atoms with E-state index in [0.29, 0.717) is 10.8 Å². The zero-order valence-corrected chi connectivity index (χ0v) is 18.0. The molecular formula is C22H33N3O2S. The van der Waals surface area contributed by atoms with Crippen LogP contribution < -0.4 is 4.74 Å². The molecule has 1 unspecified atom stereocenters. The van der Waals surface area contributed by atoms with Crippen molar-refractivity contribution in [3.63, 3.8) is 0 Å². The van der Waals surface area contributed by atoms with Crippen LogP contribution in [0.3, 0.4) is 0 Å².